The van der Waals surface area contributed by atoms with Crippen LogP contribution in [-0.4, -0.2) is 29.9 Å². The maximum absolute atomic E-state index is 5.41. The molecule has 2 aliphatic rings. The van der Waals surface area contributed by atoms with Crippen molar-refractivity contribution in [3.05, 3.63) is 36.0 Å². The van der Waals surface area contributed by atoms with Gasteiger partial charge in [0.2, 0.25) is 12.7 Å². The molecule has 0 unspecified atom stereocenters. The smallest absolute Gasteiger partial charge is 0.231 e. The van der Waals surface area contributed by atoms with Crippen molar-refractivity contribution in [3.63, 3.8) is 0 Å². The van der Waals surface area contributed by atoms with Crippen molar-refractivity contribution in [2.24, 2.45) is 0 Å². The van der Waals surface area contributed by atoms with Crippen molar-refractivity contribution in [1.29, 1.82) is 0 Å². The van der Waals surface area contributed by atoms with Crippen LogP contribution in [0.4, 0.5) is 11.8 Å². The summed E-state index contributed by atoms with van der Waals surface area (Å²) < 4.78 is 10.7. The van der Waals surface area contributed by atoms with E-state index in [1.807, 2.05) is 30.5 Å². The first kappa shape index (κ1) is 14.1. The highest BCUT2D eigenvalue weighted by Gasteiger charge is 2.15. The van der Waals surface area contributed by atoms with Crippen molar-refractivity contribution in [3.8, 4) is 11.5 Å². The van der Waals surface area contributed by atoms with E-state index in [4.69, 9.17) is 9.47 Å². The van der Waals surface area contributed by atoms with Gasteiger partial charge >= 0.3 is 0 Å². The number of aromatic nitrogens is 2. The lowest BCUT2D eigenvalue weighted by Crippen LogP contribution is -2.31. The molecule has 1 fully saturated rings. The summed E-state index contributed by atoms with van der Waals surface area (Å²) in [7, 11) is 0. The van der Waals surface area contributed by atoms with Gasteiger partial charge in [0.25, 0.3) is 0 Å². The van der Waals surface area contributed by atoms with Crippen LogP contribution in [0.3, 0.4) is 0 Å². The molecule has 0 amide bonds. The van der Waals surface area contributed by atoms with E-state index in [-0.39, 0.29) is 0 Å². The number of rotatable bonds is 4. The monoisotopic (exact) mass is 312 g/mol. The number of ether oxygens (including phenoxy) is 2. The number of nitrogens with zero attached hydrogens (tertiary/aromatic N) is 3. The van der Waals surface area contributed by atoms with E-state index >= 15 is 0 Å². The van der Waals surface area contributed by atoms with Gasteiger partial charge in [-0.25, -0.2) is 4.98 Å². The molecule has 0 bridgehead atoms. The summed E-state index contributed by atoms with van der Waals surface area (Å²) in [6, 6.07) is 7.88. The fraction of sp³-hybridized carbons (Fsp3) is 0.412. The Bertz CT molecular complexity index is 686. The Hall–Kier alpha value is -2.50. The van der Waals surface area contributed by atoms with Gasteiger partial charge in [-0.05, 0) is 43.0 Å². The number of piperidine rings is 1. The summed E-state index contributed by atoms with van der Waals surface area (Å²) in [5.74, 6) is 3.28. The Morgan fingerprint density at radius 3 is 2.83 bits per heavy atom. The zero-order valence-electron chi connectivity index (χ0n) is 13.0. The van der Waals surface area contributed by atoms with E-state index in [2.05, 4.69) is 20.2 Å². The summed E-state index contributed by atoms with van der Waals surface area (Å²) >= 11 is 0. The van der Waals surface area contributed by atoms with Crippen molar-refractivity contribution < 1.29 is 9.47 Å². The van der Waals surface area contributed by atoms with Crippen LogP contribution in [0.2, 0.25) is 0 Å². The van der Waals surface area contributed by atoms with Gasteiger partial charge in [-0.3, -0.25) is 0 Å². The fourth-order valence-electron chi connectivity index (χ4n) is 2.94. The minimum absolute atomic E-state index is 0.303. The Labute approximate surface area is 135 Å². The van der Waals surface area contributed by atoms with Crippen LogP contribution >= 0.6 is 0 Å². The van der Waals surface area contributed by atoms with Gasteiger partial charge in [0.1, 0.15) is 5.82 Å². The minimum atomic E-state index is 0.303. The molecule has 2 aliphatic heterocycles. The van der Waals surface area contributed by atoms with Gasteiger partial charge in [-0.15, -0.1) is 0 Å². The van der Waals surface area contributed by atoms with Crippen molar-refractivity contribution >= 4 is 11.8 Å². The average Bonchev–Trinajstić information content (AvgIpc) is 3.09. The summed E-state index contributed by atoms with van der Waals surface area (Å²) in [5, 5.41) is 3.36. The van der Waals surface area contributed by atoms with Crippen LogP contribution in [0, 0.1) is 0 Å². The number of hydrogen-bond donors (Lipinski definition) is 1. The molecule has 1 aromatic heterocycles. The average molecular weight is 312 g/mol. The molecule has 0 spiro atoms. The Morgan fingerprint density at radius 2 is 1.91 bits per heavy atom. The van der Waals surface area contributed by atoms with E-state index in [9.17, 15) is 0 Å². The molecule has 0 aliphatic carbocycles. The second kappa shape index (κ2) is 6.32. The number of fused-ring (bicyclic) bond motifs is 1. The SMILES string of the molecule is c1cc(NCc2ccc3c(c2)OCO3)nc(N2CCCCC2)n1. The lowest BCUT2D eigenvalue weighted by atomic mass is 10.1. The summed E-state index contributed by atoms with van der Waals surface area (Å²) in [4.78, 5) is 11.3. The van der Waals surface area contributed by atoms with Crippen LogP contribution in [0.1, 0.15) is 24.8 Å². The van der Waals surface area contributed by atoms with Gasteiger partial charge in [0.15, 0.2) is 11.5 Å². The standard InChI is InChI=1S/C17H20N4O2/c1-2-8-21(9-3-1)17-18-7-6-16(20-17)19-11-13-4-5-14-15(10-13)23-12-22-14/h4-7,10H,1-3,8-9,11-12H2,(H,18,19,20). The van der Waals surface area contributed by atoms with Gasteiger partial charge in [0.05, 0.1) is 0 Å². The first-order valence-electron chi connectivity index (χ1n) is 8.09. The maximum Gasteiger partial charge on any atom is 0.231 e. The number of nitrogens with one attached hydrogen (secondary N) is 1. The zero-order chi connectivity index (χ0) is 15.5. The highest BCUT2D eigenvalue weighted by Crippen LogP contribution is 2.32. The lowest BCUT2D eigenvalue weighted by Gasteiger charge is -2.26. The van der Waals surface area contributed by atoms with Crippen LogP contribution in [0.5, 0.6) is 11.5 Å². The Balaban J connectivity index is 1.42. The van der Waals surface area contributed by atoms with Gasteiger partial charge < -0.3 is 19.7 Å². The minimum Gasteiger partial charge on any atom is -0.454 e. The van der Waals surface area contributed by atoms with Gasteiger partial charge in [-0.1, -0.05) is 6.07 Å². The molecule has 6 nitrogen and oxygen atoms in total. The second-order valence-electron chi connectivity index (χ2n) is 5.83. The summed E-state index contributed by atoms with van der Waals surface area (Å²) in [6.45, 7) is 3.08. The largest absolute Gasteiger partial charge is 0.454 e. The van der Waals surface area contributed by atoms with E-state index in [1.54, 1.807) is 0 Å². The molecule has 3 heterocycles. The third-order valence-electron chi connectivity index (χ3n) is 4.19. The normalized spacial score (nSPS) is 16.4. The molecule has 6 heteroatoms. The molecule has 1 aromatic carbocycles. The third kappa shape index (κ3) is 3.16. The van der Waals surface area contributed by atoms with Crippen molar-refractivity contribution in [1.82, 2.24) is 9.97 Å². The molecule has 1 saturated heterocycles. The molecule has 0 atom stereocenters. The molecule has 4 rings (SSSR count). The highest BCUT2D eigenvalue weighted by atomic mass is 16.7. The topological polar surface area (TPSA) is 59.5 Å². The molecule has 1 N–H and O–H groups in total. The van der Waals surface area contributed by atoms with E-state index in [1.165, 1.54) is 19.3 Å². The second-order valence-corrected chi connectivity index (χ2v) is 5.83. The van der Waals surface area contributed by atoms with Crippen LogP contribution in [0.25, 0.3) is 0 Å². The predicted octanol–water partition coefficient (Wildman–Crippen LogP) is 2.81. The highest BCUT2D eigenvalue weighted by molar-refractivity contribution is 5.46. The molecule has 0 saturated carbocycles. The van der Waals surface area contributed by atoms with Crippen LogP contribution < -0.4 is 19.7 Å². The van der Waals surface area contributed by atoms with Crippen molar-refractivity contribution in [2.75, 3.05) is 30.1 Å². The quantitative estimate of drug-likeness (QED) is 0.937. The molecule has 2 aromatic rings. The molecule has 0 radical (unpaired) electrons. The first-order chi connectivity index (χ1) is 11.4. The van der Waals surface area contributed by atoms with Crippen LogP contribution in [-0.2, 0) is 6.54 Å². The lowest BCUT2D eigenvalue weighted by molar-refractivity contribution is 0.174. The summed E-state index contributed by atoms with van der Waals surface area (Å²) in [6.07, 6.45) is 5.56. The Kier molecular flexibility index (Phi) is 3.88. The number of anilines is 2. The van der Waals surface area contributed by atoms with E-state index in [0.29, 0.717) is 13.3 Å². The van der Waals surface area contributed by atoms with E-state index < -0.39 is 0 Å². The zero-order valence-corrected chi connectivity index (χ0v) is 13.0. The predicted molar refractivity (Wildman–Crippen MR) is 88.0 cm³/mol. The molecular formula is C17H20N4O2. The molecular weight excluding hydrogens is 292 g/mol. The van der Waals surface area contributed by atoms with Crippen LogP contribution in [0.15, 0.2) is 30.5 Å². The number of hydrogen-bond acceptors (Lipinski definition) is 6. The number of benzene rings is 1. The molecule has 23 heavy (non-hydrogen) atoms. The molecule has 120 valence electrons. The van der Waals surface area contributed by atoms with Gasteiger partial charge in [0, 0.05) is 25.8 Å². The third-order valence-corrected chi connectivity index (χ3v) is 4.19. The first-order valence-corrected chi connectivity index (χ1v) is 8.09. The maximum atomic E-state index is 5.41. The fourth-order valence-corrected chi connectivity index (χ4v) is 2.94. The van der Waals surface area contributed by atoms with Crippen molar-refractivity contribution in [2.45, 2.75) is 25.8 Å². The van der Waals surface area contributed by atoms with Gasteiger partial charge in [-0.2, -0.15) is 4.98 Å². The Morgan fingerprint density at radius 1 is 1.04 bits per heavy atom. The summed E-state index contributed by atoms with van der Waals surface area (Å²) in [5.41, 5.74) is 1.13. The van der Waals surface area contributed by atoms with E-state index in [0.717, 1.165) is 41.9 Å².